The summed E-state index contributed by atoms with van der Waals surface area (Å²) >= 11 is 0. The van der Waals surface area contributed by atoms with Gasteiger partial charge in [0.2, 0.25) is 16.0 Å². The van der Waals surface area contributed by atoms with Crippen LogP contribution in [0, 0.1) is 0 Å². The smallest absolute Gasteiger partial charge is 0.258 e. The van der Waals surface area contributed by atoms with Gasteiger partial charge in [0, 0.05) is 18.7 Å². The van der Waals surface area contributed by atoms with Crippen molar-refractivity contribution >= 4 is 21.9 Å². The van der Waals surface area contributed by atoms with Crippen molar-refractivity contribution in [3.8, 4) is 5.75 Å². The third kappa shape index (κ3) is 4.59. The fraction of sp³-hybridized carbons (Fsp3) is 0.286. The number of sulfonamides is 1. The molecule has 0 unspecified atom stereocenters. The molecular formula is C21H23N5O4S. The zero-order valence-corrected chi connectivity index (χ0v) is 17.9. The van der Waals surface area contributed by atoms with Crippen LogP contribution < -0.4 is 10.1 Å². The van der Waals surface area contributed by atoms with Gasteiger partial charge in [-0.05, 0) is 36.6 Å². The predicted molar refractivity (Wildman–Crippen MR) is 115 cm³/mol. The average Bonchev–Trinajstić information content (AvgIpc) is 3.47. The number of hydrogen-bond acceptors (Lipinski definition) is 6. The van der Waals surface area contributed by atoms with Gasteiger partial charge in [-0.2, -0.15) is 4.31 Å². The first-order valence-corrected chi connectivity index (χ1v) is 11.3. The molecule has 1 aliphatic heterocycles. The van der Waals surface area contributed by atoms with Crippen molar-refractivity contribution in [1.82, 2.24) is 19.1 Å². The number of anilines is 1. The van der Waals surface area contributed by atoms with E-state index in [-0.39, 0.29) is 22.2 Å². The van der Waals surface area contributed by atoms with Gasteiger partial charge in [-0.1, -0.05) is 30.3 Å². The summed E-state index contributed by atoms with van der Waals surface area (Å²) in [6.07, 6.45) is 3.16. The normalized spacial score (nSPS) is 14.5. The Morgan fingerprint density at radius 2 is 1.87 bits per heavy atom. The Morgan fingerprint density at radius 1 is 1.13 bits per heavy atom. The lowest BCUT2D eigenvalue weighted by atomic mass is 10.2. The van der Waals surface area contributed by atoms with Gasteiger partial charge in [-0.15, -0.1) is 5.10 Å². The second-order valence-corrected chi connectivity index (χ2v) is 9.09. The minimum atomic E-state index is -3.75. The molecule has 0 saturated carbocycles. The number of rotatable bonds is 7. The lowest BCUT2D eigenvalue weighted by molar-refractivity contribution is 0.102. The molecule has 0 spiro atoms. The summed E-state index contributed by atoms with van der Waals surface area (Å²) in [6.45, 7) is 1.44. The number of nitrogens with zero attached hydrogens (tertiary/aromatic N) is 4. The Hall–Kier alpha value is -3.24. The molecule has 2 aromatic carbocycles. The quantitative estimate of drug-likeness (QED) is 0.603. The van der Waals surface area contributed by atoms with Crippen molar-refractivity contribution in [1.29, 1.82) is 0 Å². The van der Waals surface area contributed by atoms with Crippen LogP contribution in [0.15, 0.2) is 59.8 Å². The predicted octanol–water partition coefficient (Wildman–Crippen LogP) is 2.37. The molecule has 1 N–H and O–H groups in total. The third-order valence-corrected chi connectivity index (χ3v) is 6.98. The van der Waals surface area contributed by atoms with Crippen LogP contribution in [0.1, 0.15) is 28.8 Å². The van der Waals surface area contributed by atoms with Crippen LogP contribution in [-0.4, -0.2) is 53.6 Å². The zero-order valence-electron chi connectivity index (χ0n) is 17.1. The molecule has 1 saturated heterocycles. The van der Waals surface area contributed by atoms with Crippen LogP contribution in [0.2, 0.25) is 0 Å². The topological polar surface area (TPSA) is 106 Å². The summed E-state index contributed by atoms with van der Waals surface area (Å²) in [5.74, 6) is -0.160. The Kier molecular flexibility index (Phi) is 6.01. The molecule has 0 bridgehead atoms. The van der Waals surface area contributed by atoms with Crippen LogP contribution in [-0.2, 0) is 16.6 Å². The van der Waals surface area contributed by atoms with E-state index in [2.05, 4.69) is 15.4 Å². The number of nitrogens with one attached hydrogen (secondary N) is 1. The largest absolute Gasteiger partial charge is 0.495 e. The monoisotopic (exact) mass is 441 g/mol. The standard InChI is InChI=1S/C21H23N5O4S/c1-30-18-10-9-17(13-19(18)31(28,29)26-11-5-6-12-26)20(27)23-21-22-15-25(24-21)14-16-7-3-2-4-8-16/h2-4,7-10,13,15H,5-6,11-12,14H2,1H3,(H,23,24,27). The van der Waals surface area contributed by atoms with E-state index in [4.69, 9.17) is 4.74 Å². The average molecular weight is 442 g/mol. The van der Waals surface area contributed by atoms with Gasteiger partial charge in [0.15, 0.2) is 0 Å². The van der Waals surface area contributed by atoms with Crippen LogP contribution in [0.25, 0.3) is 0 Å². The molecule has 162 valence electrons. The number of carbonyl (C=O) groups excluding carboxylic acids is 1. The number of methoxy groups -OCH3 is 1. The van der Waals surface area contributed by atoms with E-state index < -0.39 is 15.9 Å². The molecule has 31 heavy (non-hydrogen) atoms. The fourth-order valence-corrected chi connectivity index (χ4v) is 5.16. The maximum Gasteiger partial charge on any atom is 0.258 e. The number of aromatic nitrogens is 3. The first-order chi connectivity index (χ1) is 15.0. The highest BCUT2D eigenvalue weighted by Gasteiger charge is 2.30. The molecule has 1 fully saturated rings. The molecule has 10 heteroatoms. The van der Waals surface area contributed by atoms with Crippen molar-refractivity contribution in [3.63, 3.8) is 0 Å². The maximum absolute atomic E-state index is 13.0. The Labute approximate surface area is 180 Å². The van der Waals surface area contributed by atoms with Crippen LogP contribution in [0.4, 0.5) is 5.95 Å². The van der Waals surface area contributed by atoms with Gasteiger partial charge in [0.05, 0.1) is 13.7 Å². The van der Waals surface area contributed by atoms with Crippen molar-refractivity contribution < 1.29 is 17.9 Å². The van der Waals surface area contributed by atoms with Gasteiger partial charge in [-0.25, -0.2) is 18.1 Å². The van der Waals surface area contributed by atoms with E-state index in [1.54, 1.807) is 4.68 Å². The van der Waals surface area contributed by atoms with E-state index in [9.17, 15) is 13.2 Å². The van der Waals surface area contributed by atoms with Gasteiger partial charge < -0.3 is 4.74 Å². The van der Waals surface area contributed by atoms with E-state index in [1.807, 2.05) is 30.3 Å². The molecule has 1 aliphatic rings. The van der Waals surface area contributed by atoms with Crippen molar-refractivity contribution in [3.05, 3.63) is 66.0 Å². The lowest BCUT2D eigenvalue weighted by Crippen LogP contribution is -2.28. The maximum atomic E-state index is 13.0. The highest BCUT2D eigenvalue weighted by Crippen LogP contribution is 2.30. The van der Waals surface area contributed by atoms with Crippen molar-refractivity contribution in [2.75, 3.05) is 25.5 Å². The molecule has 3 aromatic rings. The first kappa shape index (κ1) is 21.0. The van der Waals surface area contributed by atoms with Crippen molar-refractivity contribution in [2.45, 2.75) is 24.3 Å². The number of hydrogen-bond donors (Lipinski definition) is 1. The summed E-state index contributed by atoms with van der Waals surface area (Å²) in [6, 6.07) is 14.1. The molecular weight excluding hydrogens is 418 g/mol. The van der Waals surface area contributed by atoms with E-state index in [0.717, 1.165) is 18.4 Å². The molecule has 4 rings (SSSR count). The summed E-state index contributed by atoms with van der Waals surface area (Å²) < 4.78 is 34.3. The van der Waals surface area contributed by atoms with Crippen LogP contribution >= 0.6 is 0 Å². The Balaban J connectivity index is 1.53. The second-order valence-electron chi connectivity index (χ2n) is 7.18. The van der Waals surface area contributed by atoms with E-state index in [1.165, 1.54) is 35.9 Å². The molecule has 2 heterocycles. The first-order valence-electron chi connectivity index (χ1n) is 9.90. The Bertz CT molecular complexity index is 1170. The van der Waals surface area contributed by atoms with Crippen LogP contribution in [0.3, 0.4) is 0 Å². The fourth-order valence-electron chi connectivity index (χ4n) is 3.46. The second kappa shape index (κ2) is 8.86. The summed E-state index contributed by atoms with van der Waals surface area (Å²) in [5.41, 5.74) is 1.23. The summed E-state index contributed by atoms with van der Waals surface area (Å²) in [7, 11) is -2.34. The molecule has 1 aromatic heterocycles. The highest BCUT2D eigenvalue weighted by atomic mass is 32.2. The Morgan fingerprint density at radius 3 is 2.58 bits per heavy atom. The molecule has 0 radical (unpaired) electrons. The minimum absolute atomic E-state index is 0.0212. The van der Waals surface area contributed by atoms with E-state index in [0.29, 0.717) is 19.6 Å². The van der Waals surface area contributed by atoms with Crippen molar-refractivity contribution in [2.24, 2.45) is 0 Å². The number of carbonyl (C=O) groups is 1. The highest BCUT2D eigenvalue weighted by molar-refractivity contribution is 7.89. The van der Waals surface area contributed by atoms with Gasteiger partial charge in [-0.3, -0.25) is 10.1 Å². The molecule has 1 amide bonds. The number of ether oxygens (including phenoxy) is 1. The van der Waals surface area contributed by atoms with Crippen LogP contribution in [0.5, 0.6) is 5.75 Å². The molecule has 9 nitrogen and oxygen atoms in total. The SMILES string of the molecule is COc1ccc(C(=O)Nc2ncn(Cc3ccccc3)n2)cc1S(=O)(=O)N1CCCC1. The summed E-state index contributed by atoms with van der Waals surface area (Å²) in [5, 5.41) is 6.88. The van der Waals surface area contributed by atoms with E-state index >= 15 is 0 Å². The summed E-state index contributed by atoms with van der Waals surface area (Å²) in [4.78, 5) is 16.8. The minimum Gasteiger partial charge on any atom is -0.495 e. The zero-order chi connectivity index (χ0) is 21.8. The third-order valence-electron chi connectivity index (χ3n) is 5.06. The molecule has 0 aliphatic carbocycles. The lowest BCUT2D eigenvalue weighted by Gasteiger charge is -2.18. The van der Waals surface area contributed by atoms with Gasteiger partial charge in [0.25, 0.3) is 5.91 Å². The number of benzene rings is 2. The van der Waals surface area contributed by atoms with Gasteiger partial charge in [0.1, 0.15) is 17.0 Å². The molecule has 0 atom stereocenters. The van der Waals surface area contributed by atoms with Gasteiger partial charge >= 0.3 is 0 Å². The number of amides is 1.